The number of aryl methyl sites for hydroxylation is 1. The summed E-state index contributed by atoms with van der Waals surface area (Å²) < 4.78 is 5.42. The molecule has 1 saturated heterocycles. The Morgan fingerprint density at radius 1 is 1.11 bits per heavy atom. The molecule has 1 aliphatic rings. The molecule has 1 aromatic carbocycles. The van der Waals surface area contributed by atoms with Crippen LogP contribution >= 0.6 is 11.3 Å². The summed E-state index contributed by atoms with van der Waals surface area (Å²) in [7, 11) is 0. The maximum absolute atomic E-state index is 12.5. The standard InChI is InChI=1S/C21H22N4O2S/c26-20(8-9-21-24-18(15-28-21)16-5-3-4-10-22-16)23-17-6-1-2-7-19(17)25-11-13-27-14-12-25/h1-7,10,15H,8-9,11-14H2,(H,23,26). The van der Waals surface area contributed by atoms with Crippen molar-refractivity contribution in [1.29, 1.82) is 0 Å². The Hall–Kier alpha value is -2.77. The van der Waals surface area contributed by atoms with Crippen molar-refractivity contribution >= 4 is 28.6 Å². The van der Waals surface area contributed by atoms with Gasteiger partial charge in [-0.3, -0.25) is 9.78 Å². The van der Waals surface area contributed by atoms with Gasteiger partial charge in [0, 0.05) is 37.5 Å². The van der Waals surface area contributed by atoms with E-state index in [1.807, 2.05) is 47.8 Å². The molecule has 1 N–H and O–H groups in total. The number of hydrogen-bond donors (Lipinski definition) is 1. The first-order chi connectivity index (χ1) is 13.8. The fraction of sp³-hybridized carbons (Fsp3) is 0.286. The van der Waals surface area contributed by atoms with E-state index in [0.717, 1.165) is 40.9 Å². The third-order valence-electron chi connectivity index (χ3n) is 4.57. The van der Waals surface area contributed by atoms with E-state index in [2.05, 4.69) is 20.2 Å². The lowest BCUT2D eigenvalue weighted by atomic mass is 10.2. The number of hydrogen-bond acceptors (Lipinski definition) is 6. The molecule has 144 valence electrons. The lowest BCUT2D eigenvalue weighted by Crippen LogP contribution is -2.36. The molecule has 0 aliphatic carbocycles. The van der Waals surface area contributed by atoms with Crippen LogP contribution in [0, 0.1) is 0 Å². The molecule has 0 atom stereocenters. The van der Waals surface area contributed by atoms with Gasteiger partial charge in [-0.25, -0.2) is 4.98 Å². The number of rotatable bonds is 6. The predicted molar refractivity (Wildman–Crippen MR) is 112 cm³/mol. The van der Waals surface area contributed by atoms with Gasteiger partial charge in [-0.05, 0) is 24.3 Å². The quantitative estimate of drug-likeness (QED) is 0.692. The zero-order valence-electron chi connectivity index (χ0n) is 15.5. The highest BCUT2D eigenvalue weighted by Crippen LogP contribution is 2.27. The molecule has 7 heteroatoms. The van der Waals surface area contributed by atoms with Crippen LogP contribution in [0.4, 0.5) is 11.4 Å². The fourth-order valence-electron chi connectivity index (χ4n) is 3.15. The third-order valence-corrected chi connectivity index (χ3v) is 5.48. The van der Waals surface area contributed by atoms with Gasteiger partial charge in [0.05, 0.1) is 41.0 Å². The predicted octanol–water partition coefficient (Wildman–Crippen LogP) is 3.61. The molecule has 28 heavy (non-hydrogen) atoms. The molecule has 3 aromatic rings. The Kier molecular flexibility index (Phi) is 5.94. The van der Waals surface area contributed by atoms with Gasteiger partial charge >= 0.3 is 0 Å². The average molecular weight is 395 g/mol. The van der Waals surface area contributed by atoms with Gasteiger partial charge in [0.15, 0.2) is 0 Å². The number of carbonyl (C=O) groups is 1. The number of amides is 1. The molecular formula is C21H22N4O2S. The average Bonchev–Trinajstić information content (AvgIpc) is 3.23. The summed E-state index contributed by atoms with van der Waals surface area (Å²) in [5, 5.41) is 5.99. The van der Waals surface area contributed by atoms with E-state index in [9.17, 15) is 4.79 Å². The van der Waals surface area contributed by atoms with Crippen LogP contribution in [0.1, 0.15) is 11.4 Å². The van der Waals surface area contributed by atoms with Crippen LogP contribution in [-0.2, 0) is 16.0 Å². The number of ether oxygens (including phenoxy) is 1. The van der Waals surface area contributed by atoms with Crippen molar-refractivity contribution in [1.82, 2.24) is 9.97 Å². The van der Waals surface area contributed by atoms with E-state index in [4.69, 9.17) is 4.74 Å². The molecule has 0 radical (unpaired) electrons. The van der Waals surface area contributed by atoms with E-state index in [0.29, 0.717) is 26.1 Å². The topological polar surface area (TPSA) is 67.4 Å². The number of aromatic nitrogens is 2. The molecule has 0 bridgehead atoms. The van der Waals surface area contributed by atoms with Crippen molar-refractivity contribution in [3.8, 4) is 11.4 Å². The first-order valence-electron chi connectivity index (χ1n) is 9.37. The maximum atomic E-state index is 12.5. The second-order valence-electron chi connectivity index (χ2n) is 6.51. The zero-order valence-corrected chi connectivity index (χ0v) is 16.3. The van der Waals surface area contributed by atoms with E-state index in [1.165, 1.54) is 0 Å². The molecule has 1 fully saturated rings. The van der Waals surface area contributed by atoms with Crippen LogP contribution in [0.25, 0.3) is 11.4 Å². The van der Waals surface area contributed by atoms with E-state index < -0.39 is 0 Å². The maximum Gasteiger partial charge on any atom is 0.224 e. The van der Waals surface area contributed by atoms with Crippen LogP contribution in [-0.4, -0.2) is 42.2 Å². The Bertz CT molecular complexity index is 923. The number of anilines is 2. The van der Waals surface area contributed by atoms with E-state index in [-0.39, 0.29) is 5.91 Å². The monoisotopic (exact) mass is 394 g/mol. The first-order valence-corrected chi connectivity index (χ1v) is 10.2. The van der Waals surface area contributed by atoms with Crippen molar-refractivity contribution in [2.75, 3.05) is 36.5 Å². The van der Waals surface area contributed by atoms with Gasteiger partial charge in [-0.1, -0.05) is 18.2 Å². The minimum atomic E-state index is -0.00436. The van der Waals surface area contributed by atoms with Gasteiger partial charge in [0.25, 0.3) is 0 Å². The van der Waals surface area contributed by atoms with Crippen LogP contribution < -0.4 is 10.2 Å². The largest absolute Gasteiger partial charge is 0.378 e. The Labute approximate surface area is 168 Å². The van der Waals surface area contributed by atoms with Gasteiger partial charge in [0.1, 0.15) is 0 Å². The van der Waals surface area contributed by atoms with Crippen LogP contribution in [0.5, 0.6) is 0 Å². The van der Waals surface area contributed by atoms with Crippen molar-refractivity contribution in [3.05, 3.63) is 59.0 Å². The SMILES string of the molecule is O=C(CCc1nc(-c2ccccn2)cs1)Nc1ccccc1N1CCOCC1. The summed E-state index contributed by atoms with van der Waals surface area (Å²) in [4.78, 5) is 23.7. The normalized spacial score (nSPS) is 14.1. The lowest BCUT2D eigenvalue weighted by Gasteiger charge is -2.30. The number of carbonyl (C=O) groups excluding carboxylic acids is 1. The highest BCUT2D eigenvalue weighted by atomic mass is 32.1. The molecule has 3 heterocycles. The summed E-state index contributed by atoms with van der Waals surface area (Å²) in [6.07, 6.45) is 2.77. The molecule has 6 nitrogen and oxygen atoms in total. The molecule has 0 saturated carbocycles. The summed E-state index contributed by atoms with van der Waals surface area (Å²) >= 11 is 1.57. The second kappa shape index (κ2) is 8.95. The van der Waals surface area contributed by atoms with Crippen LogP contribution in [0.2, 0.25) is 0 Å². The van der Waals surface area contributed by atoms with E-state index in [1.54, 1.807) is 17.5 Å². The number of para-hydroxylation sites is 2. The summed E-state index contributed by atoms with van der Waals surface area (Å²) in [6, 6.07) is 13.7. The Morgan fingerprint density at radius 2 is 1.93 bits per heavy atom. The molecule has 1 aliphatic heterocycles. The van der Waals surface area contributed by atoms with Gasteiger partial charge in [-0.2, -0.15) is 0 Å². The number of nitrogens with zero attached hydrogens (tertiary/aromatic N) is 3. The van der Waals surface area contributed by atoms with Gasteiger partial charge < -0.3 is 15.0 Å². The fourth-order valence-corrected chi connectivity index (χ4v) is 3.94. The van der Waals surface area contributed by atoms with Crippen molar-refractivity contribution in [2.24, 2.45) is 0 Å². The molecule has 1 amide bonds. The molecule has 0 spiro atoms. The molecular weight excluding hydrogens is 372 g/mol. The Balaban J connectivity index is 1.36. The first kappa shape index (κ1) is 18.6. The van der Waals surface area contributed by atoms with Gasteiger partial charge in [-0.15, -0.1) is 11.3 Å². The molecule has 4 rings (SSSR count). The van der Waals surface area contributed by atoms with Gasteiger partial charge in [0.2, 0.25) is 5.91 Å². The smallest absolute Gasteiger partial charge is 0.224 e. The van der Waals surface area contributed by atoms with Crippen LogP contribution in [0.3, 0.4) is 0 Å². The highest BCUT2D eigenvalue weighted by Gasteiger charge is 2.16. The van der Waals surface area contributed by atoms with Crippen molar-refractivity contribution in [2.45, 2.75) is 12.8 Å². The van der Waals surface area contributed by atoms with Crippen molar-refractivity contribution < 1.29 is 9.53 Å². The number of benzene rings is 1. The van der Waals surface area contributed by atoms with Crippen LogP contribution in [0.15, 0.2) is 54.0 Å². The zero-order chi connectivity index (χ0) is 19.2. The minimum absolute atomic E-state index is 0.00436. The van der Waals surface area contributed by atoms with Crippen molar-refractivity contribution in [3.63, 3.8) is 0 Å². The summed E-state index contributed by atoms with van der Waals surface area (Å²) in [5.74, 6) is -0.00436. The number of pyridine rings is 1. The summed E-state index contributed by atoms with van der Waals surface area (Å²) in [5.41, 5.74) is 3.61. The molecule has 2 aromatic heterocycles. The molecule has 0 unspecified atom stereocenters. The number of morpholine rings is 1. The summed E-state index contributed by atoms with van der Waals surface area (Å²) in [6.45, 7) is 3.10. The number of nitrogens with one attached hydrogen (secondary N) is 1. The lowest BCUT2D eigenvalue weighted by molar-refractivity contribution is -0.116. The third kappa shape index (κ3) is 4.55. The minimum Gasteiger partial charge on any atom is -0.378 e. The highest BCUT2D eigenvalue weighted by molar-refractivity contribution is 7.09. The second-order valence-corrected chi connectivity index (χ2v) is 7.45. The van der Waals surface area contributed by atoms with E-state index >= 15 is 0 Å². The number of thiazole rings is 1. The Morgan fingerprint density at radius 3 is 2.75 bits per heavy atom.